The summed E-state index contributed by atoms with van der Waals surface area (Å²) in [5, 5.41) is 0. The Balaban J connectivity index is 3.78. The Kier molecular flexibility index (Phi) is 9.40. The number of hydrogen-bond donors (Lipinski definition) is 0. The quantitative estimate of drug-likeness (QED) is 0.433. The Labute approximate surface area is 102 Å². The minimum absolute atomic E-state index is 0.658. The molecule has 0 amide bonds. The molecule has 1 atom stereocenters. The molecule has 0 heterocycles. The van der Waals surface area contributed by atoms with Crippen molar-refractivity contribution < 1.29 is 0 Å². The highest BCUT2D eigenvalue weighted by molar-refractivity contribution is 5.85. The lowest BCUT2D eigenvalue weighted by Crippen LogP contribution is -2.25. The SMILES string of the molecule is CCCN(C)CC(C)[CH+]CC(CC)=NCC. The van der Waals surface area contributed by atoms with Gasteiger partial charge in [-0.3, -0.25) is 4.99 Å². The maximum Gasteiger partial charge on any atom is 0.125 e. The van der Waals surface area contributed by atoms with Crippen LogP contribution in [0.25, 0.3) is 0 Å². The number of hydrogen-bond acceptors (Lipinski definition) is 2. The fourth-order valence-corrected chi connectivity index (χ4v) is 1.92. The van der Waals surface area contributed by atoms with Crippen LogP contribution in [-0.4, -0.2) is 37.3 Å². The molecule has 0 aromatic rings. The lowest BCUT2D eigenvalue weighted by atomic mass is 10.0. The van der Waals surface area contributed by atoms with E-state index in [1.54, 1.807) is 0 Å². The molecule has 0 bridgehead atoms. The van der Waals surface area contributed by atoms with Crippen molar-refractivity contribution >= 4 is 5.71 Å². The molecule has 0 aliphatic carbocycles. The molecular formula is C14H29N2+. The van der Waals surface area contributed by atoms with Crippen molar-refractivity contribution in [3.05, 3.63) is 6.42 Å². The highest BCUT2D eigenvalue weighted by Crippen LogP contribution is 2.08. The van der Waals surface area contributed by atoms with Crippen LogP contribution in [0.4, 0.5) is 0 Å². The average Bonchev–Trinajstić information content (AvgIpc) is 2.24. The van der Waals surface area contributed by atoms with Gasteiger partial charge in [0, 0.05) is 13.1 Å². The van der Waals surface area contributed by atoms with E-state index in [2.05, 4.69) is 51.1 Å². The van der Waals surface area contributed by atoms with Crippen molar-refractivity contribution in [3.8, 4) is 0 Å². The molecule has 0 spiro atoms. The fraction of sp³-hybridized carbons (Fsp3) is 0.857. The van der Waals surface area contributed by atoms with Crippen molar-refractivity contribution in [1.29, 1.82) is 0 Å². The van der Waals surface area contributed by atoms with E-state index >= 15 is 0 Å². The van der Waals surface area contributed by atoms with Gasteiger partial charge in [-0.25, -0.2) is 0 Å². The van der Waals surface area contributed by atoms with Crippen LogP contribution in [0.3, 0.4) is 0 Å². The van der Waals surface area contributed by atoms with E-state index in [1.807, 2.05) is 0 Å². The summed E-state index contributed by atoms with van der Waals surface area (Å²) < 4.78 is 0. The van der Waals surface area contributed by atoms with E-state index in [-0.39, 0.29) is 0 Å². The summed E-state index contributed by atoms with van der Waals surface area (Å²) in [5.74, 6) is 0.658. The second kappa shape index (κ2) is 9.71. The molecule has 0 aliphatic rings. The predicted octanol–water partition coefficient (Wildman–Crippen LogP) is 3.43. The zero-order valence-corrected chi connectivity index (χ0v) is 11.8. The molecule has 16 heavy (non-hydrogen) atoms. The molecule has 0 saturated heterocycles. The molecule has 0 radical (unpaired) electrons. The third-order valence-corrected chi connectivity index (χ3v) is 2.75. The van der Waals surface area contributed by atoms with E-state index in [0.717, 1.165) is 25.9 Å². The minimum Gasteiger partial charge on any atom is -0.302 e. The Morgan fingerprint density at radius 1 is 1.31 bits per heavy atom. The molecule has 2 heteroatoms. The number of aliphatic imine (C=N–C) groups is 1. The number of nitrogens with zero attached hydrogens (tertiary/aromatic N) is 2. The van der Waals surface area contributed by atoms with Gasteiger partial charge in [0.1, 0.15) is 12.3 Å². The van der Waals surface area contributed by atoms with Crippen LogP contribution in [0.1, 0.15) is 47.0 Å². The summed E-state index contributed by atoms with van der Waals surface area (Å²) in [6.45, 7) is 12.1. The van der Waals surface area contributed by atoms with Crippen LogP contribution >= 0.6 is 0 Å². The first kappa shape index (κ1) is 15.5. The van der Waals surface area contributed by atoms with Crippen LogP contribution < -0.4 is 0 Å². The van der Waals surface area contributed by atoms with Gasteiger partial charge in [-0.05, 0) is 40.3 Å². The van der Waals surface area contributed by atoms with Crippen LogP contribution in [0.2, 0.25) is 0 Å². The Morgan fingerprint density at radius 2 is 2.00 bits per heavy atom. The average molecular weight is 225 g/mol. The fourth-order valence-electron chi connectivity index (χ4n) is 1.92. The molecule has 0 aliphatic heterocycles. The van der Waals surface area contributed by atoms with Crippen LogP contribution in [0.5, 0.6) is 0 Å². The molecule has 2 nitrogen and oxygen atoms in total. The standard InChI is InChI=1S/C14H29N2/c1-6-11-16(5)12-13(4)9-10-14(7-2)15-8-3/h9,13H,6-8,10-12H2,1-5H3/q+1. The summed E-state index contributed by atoms with van der Waals surface area (Å²) in [6.07, 6.45) is 5.79. The Hall–Kier alpha value is -0.500. The maximum atomic E-state index is 4.50. The van der Waals surface area contributed by atoms with E-state index in [1.165, 1.54) is 18.7 Å². The lowest BCUT2D eigenvalue weighted by Gasteiger charge is -2.16. The first-order valence-electron chi connectivity index (χ1n) is 6.68. The van der Waals surface area contributed by atoms with Gasteiger partial charge in [0.2, 0.25) is 0 Å². The Morgan fingerprint density at radius 3 is 2.50 bits per heavy atom. The molecule has 0 aromatic carbocycles. The van der Waals surface area contributed by atoms with Gasteiger partial charge in [-0.2, -0.15) is 0 Å². The van der Waals surface area contributed by atoms with E-state index in [0.29, 0.717) is 5.92 Å². The van der Waals surface area contributed by atoms with Crippen molar-refractivity contribution in [2.75, 3.05) is 26.7 Å². The molecule has 0 N–H and O–H groups in total. The molecule has 0 saturated carbocycles. The summed E-state index contributed by atoms with van der Waals surface area (Å²) in [4.78, 5) is 6.91. The third kappa shape index (κ3) is 7.75. The second-order valence-electron chi connectivity index (χ2n) is 4.57. The van der Waals surface area contributed by atoms with E-state index in [4.69, 9.17) is 0 Å². The van der Waals surface area contributed by atoms with Gasteiger partial charge in [-0.1, -0.05) is 13.8 Å². The highest BCUT2D eigenvalue weighted by Gasteiger charge is 2.15. The topological polar surface area (TPSA) is 15.6 Å². The predicted molar refractivity (Wildman–Crippen MR) is 74.1 cm³/mol. The third-order valence-electron chi connectivity index (χ3n) is 2.75. The lowest BCUT2D eigenvalue weighted by molar-refractivity contribution is 0.300. The molecular weight excluding hydrogens is 196 g/mol. The summed E-state index contributed by atoms with van der Waals surface area (Å²) >= 11 is 0. The largest absolute Gasteiger partial charge is 0.302 e. The minimum atomic E-state index is 0.658. The normalized spacial score (nSPS) is 14.2. The second-order valence-corrected chi connectivity index (χ2v) is 4.57. The van der Waals surface area contributed by atoms with E-state index < -0.39 is 0 Å². The van der Waals surface area contributed by atoms with Crippen molar-refractivity contribution in [1.82, 2.24) is 4.90 Å². The van der Waals surface area contributed by atoms with Crippen LogP contribution in [-0.2, 0) is 0 Å². The first-order valence-corrected chi connectivity index (χ1v) is 6.68. The monoisotopic (exact) mass is 225 g/mol. The zero-order chi connectivity index (χ0) is 12.4. The summed E-state index contributed by atoms with van der Waals surface area (Å²) in [7, 11) is 2.20. The molecule has 94 valence electrons. The van der Waals surface area contributed by atoms with E-state index in [9.17, 15) is 0 Å². The van der Waals surface area contributed by atoms with Crippen LogP contribution in [0, 0.1) is 12.3 Å². The van der Waals surface area contributed by atoms with Gasteiger partial charge in [0.25, 0.3) is 0 Å². The summed E-state index contributed by atoms with van der Waals surface area (Å²) in [6, 6.07) is 0. The van der Waals surface area contributed by atoms with Crippen molar-refractivity contribution in [2.24, 2.45) is 10.9 Å². The number of rotatable bonds is 9. The maximum absolute atomic E-state index is 4.50. The van der Waals surface area contributed by atoms with Gasteiger partial charge < -0.3 is 4.90 Å². The Bertz CT molecular complexity index is 187. The van der Waals surface area contributed by atoms with Gasteiger partial charge in [-0.15, -0.1) is 0 Å². The van der Waals surface area contributed by atoms with Crippen LogP contribution in [0.15, 0.2) is 4.99 Å². The molecule has 0 aromatic heterocycles. The zero-order valence-electron chi connectivity index (χ0n) is 11.8. The van der Waals surface area contributed by atoms with Gasteiger partial charge >= 0.3 is 0 Å². The van der Waals surface area contributed by atoms with Crippen molar-refractivity contribution in [2.45, 2.75) is 47.0 Å². The summed E-state index contributed by atoms with van der Waals surface area (Å²) in [5.41, 5.74) is 1.34. The first-order chi connectivity index (χ1) is 7.63. The van der Waals surface area contributed by atoms with Gasteiger partial charge in [0.15, 0.2) is 0 Å². The van der Waals surface area contributed by atoms with Crippen molar-refractivity contribution in [3.63, 3.8) is 0 Å². The van der Waals surface area contributed by atoms with Gasteiger partial charge in [0.05, 0.1) is 12.1 Å². The highest BCUT2D eigenvalue weighted by atomic mass is 15.1. The molecule has 1 unspecified atom stereocenters. The molecule has 0 fully saturated rings. The smallest absolute Gasteiger partial charge is 0.125 e. The molecule has 0 rings (SSSR count).